The lowest BCUT2D eigenvalue weighted by atomic mass is 9.90. The molecule has 1 aromatic carbocycles. The summed E-state index contributed by atoms with van der Waals surface area (Å²) in [6.45, 7) is 0. The van der Waals surface area contributed by atoms with E-state index in [1.165, 1.54) is 5.56 Å². The normalized spacial score (nSPS) is 23.3. The topological polar surface area (TPSA) is 72.1 Å². The average molecular weight is 388 g/mol. The zero-order valence-corrected chi connectivity index (χ0v) is 16.3. The minimum atomic E-state index is 0.230. The first-order chi connectivity index (χ1) is 14.3. The van der Waals surface area contributed by atoms with Gasteiger partial charge in [-0.3, -0.25) is 9.78 Å². The van der Waals surface area contributed by atoms with Gasteiger partial charge >= 0.3 is 0 Å². The number of nitrogens with zero attached hydrogens (tertiary/aromatic N) is 4. The lowest BCUT2D eigenvalue weighted by Gasteiger charge is -2.38. The number of hydrogen-bond acceptors (Lipinski definition) is 5. The Morgan fingerprint density at radius 1 is 1.03 bits per heavy atom. The van der Waals surface area contributed by atoms with Crippen molar-refractivity contribution in [1.82, 2.24) is 20.0 Å². The van der Waals surface area contributed by atoms with Gasteiger partial charge in [0.05, 0.1) is 0 Å². The molecule has 3 atom stereocenters. The highest BCUT2D eigenvalue weighted by Crippen LogP contribution is 2.43. The summed E-state index contributed by atoms with van der Waals surface area (Å²) in [5, 5.41) is 4.15. The van der Waals surface area contributed by atoms with E-state index < -0.39 is 0 Å². The van der Waals surface area contributed by atoms with E-state index in [1.807, 2.05) is 30.3 Å². The van der Waals surface area contributed by atoms with Gasteiger partial charge < -0.3 is 9.42 Å². The van der Waals surface area contributed by atoms with Gasteiger partial charge in [-0.05, 0) is 49.8 Å². The molecule has 29 heavy (non-hydrogen) atoms. The van der Waals surface area contributed by atoms with Crippen LogP contribution in [0.1, 0.15) is 49.5 Å². The molecule has 2 aromatic heterocycles. The van der Waals surface area contributed by atoms with E-state index in [0.717, 1.165) is 37.7 Å². The average Bonchev–Trinajstić information content (AvgIpc) is 3.36. The van der Waals surface area contributed by atoms with Gasteiger partial charge in [0.25, 0.3) is 0 Å². The Bertz CT molecular complexity index is 959. The molecular formula is C23H24N4O2. The zero-order valence-electron chi connectivity index (χ0n) is 16.3. The molecule has 2 aliphatic heterocycles. The molecule has 2 fully saturated rings. The van der Waals surface area contributed by atoms with Gasteiger partial charge in [0, 0.05) is 42.4 Å². The van der Waals surface area contributed by atoms with Crippen LogP contribution in [-0.4, -0.2) is 38.0 Å². The predicted octanol–water partition coefficient (Wildman–Crippen LogP) is 4.00. The van der Waals surface area contributed by atoms with Crippen molar-refractivity contribution in [3.63, 3.8) is 0 Å². The summed E-state index contributed by atoms with van der Waals surface area (Å²) < 4.78 is 5.60. The highest BCUT2D eigenvalue weighted by molar-refractivity contribution is 5.77. The van der Waals surface area contributed by atoms with E-state index in [9.17, 15) is 4.79 Å². The van der Waals surface area contributed by atoms with Gasteiger partial charge in [-0.1, -0.05) is 35.5 Å². The summed E-state index contributed by atoms with van der Waals surface area (Å²) in [5.74, 6) is 1.82. The van der Waals surface area contributed by atoms with E-state index >= 15 is 0 Å². The Labute approximate surface area is 170 Å². The standard InChI is InChI=1S/C23H24N4O2/c28-21(9-6-16-4-2-1-3-5-16)27-19-7-8-20(27)15-18(14-19)23-25-22(26-29-23)17-10-12-24-13-11-17/h1-5,10-13,18-20H,6-9,14-15H2/t18?,19-,20+. The Hall–Kier alpha value is -3.02. The van der Waals surface area contributed by atoms with Crippen LogP contribution in [0, 0.1) is 0 Å². The van der Waals surface area contributed by atoms with Crippen molar-refractivity contribution >= 4 is 5.91 Å². The highest BCUT2D eigenvalue weighted by Gasteiger charge is 2.44. The number of amides is 1. The van der Waals surface area contributed by atoms with Crippen LogP contribution in [0.4, 0.5) is 0 Å². The molecule has 5 rings (SSSR count). The van der Waals surface area contributed by atoms with Gasteiger partial charge in [-0.2, -0.15) is 4.98 Å². The fourth-order valence-corrected chi connectivity index (χ4v) is 4.83. The summed E-state index contributed by atoms with van der Waals surface area (Å²) in [5.41, 5.74) is 2.13. The minimum Gasteiger partial charge on any atom is -0.339 e. The van der Waals surface area contributed by atoms with Crippen LogP contribution in [0.25, 0.3) is 11.4 Å². The molecule has 0 saturated carbocycles. The van der Waals surface area contributed by atoms with Crippen molar-refractivity contribution in [3.05, 3.63) is 66.3 Å². The van der Waals surface area contributed by atoms with Crippen molar-refractivity contribution in [2.45, 2.75) is 56.5 Å². The van der Waals surface area contributed by atoms with Crippen LogP contribution in [-0.2, 0) is 11.2 Å². The summed E-state index contributed by atoms with van der Waals surface area (Å²) in [6, 6.07) is 14.6. The fourth-order valence-electron chi connectivity index (χ4n) is 4.83. The molecule has 2 aliphatic rings. The largest absolute Gasteiger partial charge is 0.339 e. The van der Waals surface area contributed by atoms with Gasteiger partial charge in [-0.25, -0.2) is 0 Å². The number of benzene rings is 1. The van der Waals surface area contributed by atoms with Crippen molar-refractivity contribution in [2.75, 3.05) is 0 Å². The maximum atomic E-state index is 12.9. The molecular weight excluding hydrogens is 364 g/mol. The number of carbonyl (C=O) groups is 1. The molecule has 1 amide bonds. The Kier molecular flexibility index (Phi) is 4.84. The predicted molar refractivity (Wildman–Crippen MR) is 108 cm³/mol. The highest BCUT2D eigenvalue weighted by atomic mass is 16.5. The lowest BCUT2D eigenvalue weighted by molar-refractivity contribution is -0.135. The van der Waals surface area contributed by atoms with Gasteiger partial charge in [0.1, 0.15) is 0 Å². The number of rotatable bonds is 5. The number of aryl methyl sites for hydroxylation is 1. The van der Waals surface area contributed by atoms with E-state index in [1.54, 1.807) is 12.4 Å². The number of carbonyl (C=O) groups excluding carboxylic acids is 1. The van der Waals surface area contributed by atoms with Crippen molar-refractivity contribution in [3.8, 4) is 11.4 Å². The maximum absolute atomic E-state index is 12.9. The molecule has 4 heterocycles. The molecule has 148 valence electrons. The summed E-state index contributed by atoms with van der Waals surface area (Å²) in [4.78, 5) is 23.8. The summed E-state index contributed by atoms with van der Waals surface area (Å²) in [6.07, 6.45) is 8.80. The second-order valence-electron chi connectivity index (χ2n) is 8.03. The third-order valence-corrected chi connectivity index (χ3v) is 6.22. The van der Waals surface area contributed by atoms with Crippen molar-refractivity contribution in [1.29, 1.82) is 0 Å². The molecule has 2 saturated heterocycles. The smallest absolute Gasteiger partial charge is 0.230 e. The van der Waals surface area contributed by atoms with Crippen molar-refractivity contribution in [2.24, 2.45) is 0 Å². The first-order valence-electron chi connectivity index (χ1n) is 10.4. The number of hydrogen-bond donors (Lipinski definition) is 0. The first-order valence-corrected chi connectivity index (χ1v) is 10.4. The van der Waals surface area contributed by atoms with E-state index in [0.29, 0.717) is 30.2 Å². The van der Waals surface area contributed by atoms with Crippen LogP contribution in [0.2, 0.25) is 0 Å². The number of aromatic nitrogens is 3. The zero-order chi connectivity index (χ0) is 19.6. The molecule has 3 aromatic rings. The van der Waals surface area contributed by atoms with Crippen LogP contribution in [0.3, 0.4) is 0 Å². The Morgan fingerprint density at radius 2 is 1.76 bits per heavy atom. The molecule has 0 radical (unpaired) electrons. The Morgan fingerprint density at radius 3 is 2.48 bits per heavy atom. The van der Waals surface area contributed by atoms with Gasteiger partial charge in [-0.15, -0.1) is 0 Å². The van der Waals surface area contributed by atoms with Crippen LogP contribution < -0.4 is 0 Å². The third kappa shape index (κ3) is 3.67. The summed E-state index contributed by atoms with van der Waals surface area (Å²) >= 11 is 0. The fraction of sp³-hybridized carbons (Fsp3) is 0.391. The quantitative estimate of drug-likeness (QED) is 0.661. The number of piperidine rings is 1. The molecule has 6 heteroatoms. The number of fused-ring (bicyclic) bond motifs is 2. The van der Waals surface area contributed by atoms with Gasteiger partial charge in [0.2, 0.25) is 17.6 Å². The minimum absolute atomic E-state index is 0.230. The van der Waals surface area contributed by atoms with Crippen molar-refractivity contribution < 1.29 is 9.32 Å². The maximum Gasteiger partial charge on any atom is 0.230 e. The van der Waals surface area contributed by atoms with Crippen LogP contribution in [0.5, 0.6) is 0 Å². The lowest BCUT2D eigenvalue weighted by Crippen LogP contribution is -2.46. The third-order valence-electron chi connectivity index (χ3n) is 6.22. The Balaban J connectivity index is 1.24. The van der Waals surface area contributed by atoms with Gasteiger partial charge in [0.15, 0.2) is 0 Å². The molecule has 1 unspecified atom stereocenters. The molecule has 0 aliphatic carbocycles. The second-order valence-corrected chi connectivity index (χ2v) is 8.03. The molecule has 2 bridgehead atoms. The molecule has 0 N–H and O–H groups in total. The van der Waals surface area contributed by atoms with E-state index in [-0.39, 0.29) is 11.8 Å². The SMILES string of the molecule is O=C(CCc1ccccc1)N1[C@@H]2CC[C@H]1CC(c1nc(-c3ccncc3)no1)C2. The van der Waals surface area contributed by atoms with E-state index in [4.69, 9.17) is 4.52 Å². The van der Waals surface area contributed by atoms with E-state index in [2.05, 4.69) is 32.2 Å². The monoisotopic (exact) mass is 388 g/mol. The molecule has 0 spiro atoms. The van der Waals surface area contributed by atoms with Crippen LogP contribution in [0.15, 0.2) is 59.4 Å². The molecule has 6 nitrogen and oxygen atoms in total. The van der Waals surface area contributed by atoms with Crippen LogP contribution >= 0.6 is 0 Å². The summed E-state index contributed by atoms with van der Waals surface area (Å²) in [7, 11) is 0. The number of pyridine rings is 1. The first kappa shape index (κ1) is 18.0. The second kappa shape index (κ2) is 7.78.